The van der Waals surface area contributed by atoms with E-state index in [1.165, 1.54) is 12.6 Å². The molecule has 0 spiro atoms. The minimum absolute atomic E-state index is 0.0278. The number of pyridine rings is 1. The third-order valence-electron chi connectivity index (χ3n) is 7.35. The average molecular weight is 514 g/mol. The van der Waals surface area contributed by atoms with Crippen LogP contribution in [0.2, 0.25) is 0 Å². The number of rotatable bonds is 8. The summed E-state index contributed by atoms with van der Waals surface area (Å²) in [6.45, 7) is 10.9. The molecule has 1 aromatic carbocycles. The number of likely N-dealkylation sites (tertiary alicyclic amines) is 2. The highest BCUT2D eigenvalue weighted by Crippen LogP contribution is 2.25. The van der Waals surface area contributed by atoms with Crippen LogP contribution in [0.25, 0.3) is 4.85 Å². The van der Waals surface area contributed by atoms with Crippen LogP contribution in [0.3, 0.4) is 0 Å². The first-order valence-electron chi connectivity index (χ1n) is 13.1. The van der Waals surface area contributed by atoms with Crippen LogP contribution < -0.4 is 4.74 Å². The highest BCUT2D eigenvalue weighted by Gasteiger charge is 2.26. The molecule has 0 unspecified atom stereocenters. The number of hydrogen-bond donors (Lipinski definition) is 0. The van der Waals surface area contributed by atoms with E-state index in [0.717, 1.165) is 56.8 Å². The maximum atomic E-state index is 13.0. The summed E-state index contributed by atoms with van der Waals surface area (Å²) < 4.78 is 11.1. The van der Waals surface area contributed by atoms with Gasteiger partial charge in [-0.25, -0.2) is 9.83 Å². The van der Waals surface area contributed by atoms with E-state index in [0.29, 0.717) is 42.4 Å². The number of oxazole rings is 1. The van der Waals surface area contributed by atoms with E-state index in [1.807, 2.05) is 0 Å². The fraction of sp³-hybridized carbons (Fsp3) is 0.414. The summed E-state index contributed by atoms with van der Waals surface area (Å²) in [5.74, 6) is 1.05. The van der Waals surface area contributed by atoms with Gasteiger partial charge in [-0.15, -0.1) is 0 Å². The molecule has 9 heteroatoms. The first-order chi connectivity index (χ1) is 18.6. The first kappa shape index (κ1) is 25.6. The van der Waals surface area contributed by atoms with Crippen LogP contribution in [0.4, 0.5) is 5.69 Å². The Morgan fingerprint density at radius 1 is 1.00 bits per heavy atom. The molecular formula is C29H31N5O4. The second kappa shape index (κ2) is 12.0. The van der Waals surface area contributed by atoms with Crippen molar-refractivity contribution < 1.29 is 18.7 Å². The Morgan fingerprint density at radius 2 is 1.76 bits per heavy atom. The molecule has 0 radical (unpaired) electrons. The molecule has 0 aliphatic carbocycles. The summed E-state index contributed by atoms with van der Waals surface area (Å²) in [6, 6.07) is 10.5. The lowest BCUT2D eigenvalue weighted by atomic mass is 9.90. The van der Waals surface area contributed by atoms with Crippen LogP contribution in [0.15, 0.2) is 59.7 Å². The average Bonchev–Trinajstić information content (AvgIpc) is 3.48. The van der Waals surface area contributed by atoms with Gasteiger partial charge in [0.2, 0.25) is 0 Å². The molecule has 0 saturated carbocycles. The molecule has 3 aromatic rings. The number of Topliss-reactive ketones (excluding diaryl/α,β-unsaturated/α-hetero) is 1. The molecule has 1 amide bonds. The largest absolute Gasteiger partial charge is 0.490 e. The molecule has 2 aliphatic rings. The zero-order valence-corrected chi connectivity index (χ0v) is 21.3. The summed E-state index contributed by atoms with van der Waals surface area (Å²) in [5, 5.41) is 0. The number of aromatic nitrogens is 2. The summed E-state index contributed by atoms with van der Waals surface area (Å²) in [4.78, 5) is 41.9. The number of amides is 1. The molecular weight excluding hydrogens is 482 g/mol. The summed E-state index contributed by atoms with van der Waals surface area (Å²) in [7, 11) is 0. The highest BCUT2D eigenvalue weighted by molar-refractivity contribution is 5.97. The monoisotopic (exact) mass is 513 g/mol. The molecule has 4 heterocycles. The molecule has 38 heavy (non-hydrogen) atoms. The Balaban J connectivity index is 1.06. The second-order valence-corrected chi connectivity index (χ2v) is 9.97. The van der Waals surface area contributed by atoms with Gasteiger partial charge in [-0.3, -0.25) is 19.5 Å². The van der Waals surface area contributed by atoms with E-state index in [2.05, 4.69) is 19.7 Å². The predicted molar refractivity (Wildman–Crippen MR) is 140 cm³/mol. The van der Waals surface area contributed by atoms with Crippen molar-refractivity contribution in [2.75, 3.05) is 26.2 Å². The Bertz CT molecular complexity index is 1250. The van der Waals surface area contributed by atoms with Gasteiger partial charge in [0.1, 0.15) is 23.8 Å². The minimum Gasteiger partial charge on any atom is -0.490 e. The second-order valence-electron chi connectivity index (χ2n) is 9.97. The molecule has 2 aliphatic heterocycles. The zero-order chi connectivity index (χ0) is 26.3. The third kappa shape index (κ3) is 6.45. The van der Waals surface area contributed by atoms with Crippen LogP contribution in [-0.4, -0.2) is 63.7 Å². The fourth-order valence-corrected chi connectivity index (χ4v) is 5.09. The van der Waals surface area contributed by atoms with E-state index < -0.39 is 0 Å². The van der Waals surface area contributed by atoms with Crippen molar-refractivity contribution in [1.29, 1.82) is 0 Å². The van der Waals surface area contributed by atoms with Gasteiger partial charge in [-0.2, -0.15) is 0 Å². The molecule has 5 rings (SSSR count). The van der Waals surface area contributed by atoms with Gasteiger partial charge < -0.3 is 14.1 Å². The number of ether oxygens (including phenoxy) is 1. The maximum absolute atomic E-state index is 13.0. The number of hydrogen-bond acceptors (Lipinski definition) is 7. The van der Waals surface area contributed by atoms with Gasteiger partial charge in [-0.05, 0) is 56.1 Å². The number of piperidine rings is 2. The van der Waals surface area contributed by atoms with Gasteiger partial charge in [0, 0.05) is 50.7 Å². The topological polar surface area (TPSA) is 93.1 Å². The van der Waals surface area contributed by atoms with Crippen molar-refractivity contribution >= 4 is 17.4 Å². The SMILES string of the molecule is [C-]#[N+]c1ccc(OC2CCN(C(=O)c3ccc(C(=O)CC4CCN(Cc5cocn5)CC4)cn3)CC2)cc1. The Labute approximate surface area is 222 Å². The number of benzene rings is 1. The predicted octanol–water partition coefficient (Wildman–Crippen LogP) is 4.79. The van der Waals surface area contributed by atoms with Crippen molar-refractivity contribution in [2.24, 2.45) is 5.92 Å². The van der Waals surface area contributed by atoms with E-state index >= 15 is 0 Å². The normalized spacial score (nSPS) is 17.2. The number of carbonyl (C=O) groups is 2. The lowest BCUT2D eigenvalue weighted by Gasteiger charge is -2.32. The smallest absolute Gasteiger partial charge is 0.272 e. The number of carbonyl (C=O) groups excluding carboxylic acids is 2. The van der Waals surface area contributed by atoms with Crippen LogP contribution in [0.5, 0.6) is 5.75 Å². The van der Waals surface area contributed by atoms with Crippen molar-refractivity contribution in [2.45, 2.75) is 44.8 Å². The third-order valence-corrected chi connectivity index (χ3v) is 7.35. The quantitative estimate of drug-likeness (QED) is 0.316. The van der Waals surface area contributed by atoms with Gasteiger partial charge in [-0.1, -0.05) is 12.1 Å². The minimum atomic E-state index is -0.122. The van der Waals surface area contributed by atoms with E-state index in [1.54, 1.807) is 47.6 Å². The summed E-state index contributed by atoms with van der Waals surface area (Å²) in [5.41, 5.74) is 2.43. The summed E-state index contributed by atoms with van der Waals surface area (Å²) in [6.07, 6.45) is 8.59. The summed E-state index contributed by atoms with van der Waals surface area (Å²) >= 11 is 0. The van der Waals surface area contributed by atoms with E-state index in [4.69, 9.17) is 15.7 Å². The highest BCUT2D eigenvalue weighted by atomic mass is 16.5. The van der Waals surface area contributed by atoms with Crippen LogP contribution in [-0.2, 0) is 6.54 Å². The lowest BCUT2D eigenvalue weighted by Crippen LogP contribution is -2.42. The fourth-order valence-electron chi connectivity index (χ4n) is 5.09. The van der Waals surface area contributed by atoms with Gasteiger partial charge >= 0.3 is 0 Å². The van der Waals surface area contributed by atoms with Crippen molar-refractivity contribution in [1.82, 2.24) is 19.8 Å². The molecule has 2 aromatic heterocycles. The molecule has 2 fully saturated rings. The van der Waals surface area contributed by atoms with Crippen LogP contribution in [0, 0.1) is 12.5 Å². The molecule has 0 N–H and O–H groups in total. The lowest BCUT2D eigenvalue weighted by molar-refractivity contribution is 0.0589. The van der Waals surface area contributed by atoms with Crippen LogP contribution in [0.1, 0.15) is 58.6 Å². The van der Waals surface area contributed by atoms with E-state index in [9.17, 15) is 9.59 Å². The Morgan fingerprint density at radius 3 is 2.39 bits per heavy atom. The van der Waals surface area contributed by atoms with Crippen LogP contribution >= 0.6 is 0 Å². The van der Waals surface area contributed by atoms with Gasteiger partial charge in [0.15, 0.2) is 17.9 Å². The molecule has 2 saturated heterocycles. The molecule has 0 atom stereocenters. The molecule has 0 bridgehead atoms. The maximum Gasteiger partial charge on any atom is 0.272 e. The van der Waals surface area contributed by atoms with Crippen molar-refractivity contribution in [3.05, 3.63) is 83.6 Å². The van der Waals surface area contributed by atoms with Crippen molar-refractivity contribution in [3.63, 3.8) is 0 Å². The molecule has 9 nitrogen and oxygen atoms in total. The Kier molecular flexibility index (Phi) is 8.09. The Hall–Kier alpha value is -4.03. The number of nitrogens with zero attached hydrogens (tertiary/aromatic N) is 5. The first-order valence-corrected chi connectivity index (χ1v) is 13.1. The van der Waals surface area contributed by atoms with Gasteiger partial charge in [0.25, 0.3) is 5.91 Å². The van der Waals surface area contributed by atoms with Crippen molar-refractivity contribution in [3.8, 4) is 5.75 Å². The van der Waals surface area contributed by atoms with E-state index in [-0.39, 0.29) is 17.8 Å². The van der Waals surface area contributed by atoms with Gasteiger partial charge in [0.05, 0.1) is 12.3 Å². The molecule has 196 valence electrons. The standard InChI is InChI=1S/C29H31N5O4/c1-30-23-3-5-25(6-4-23)38-26-10-14-34(15-11-26)29(36)27-7-2-22(17-31-27)28(35)16-21-8-12-33(13-9-21)18-24-19-37-20-32-24/h2-7,17,19-21,26H,8-16,18H2. The number of ketones is 1. The zero-order valence-electron chi connectivity index (χ0n) is 21.3.